The normalized spacial score (nSPS) is 17.9. The maximum atomic E-state index is 5.98. The molecule has 0 saturated carbocycles. The second kappa shape index (κ2) is 5.76. The highest BCUT2D eigenvalue weighted by molar-refractivity contribution is 5.73. The molecule has 3 heterocycles. The van der Waals surface area contributed by atoms with Crippen molar-refractivity contribution in [1.82, 2.24) is 24.3 Å². The molecule has 0 spiro atoms. The molecule has 0 unspecified atom stereocenters. The number of likely N-dealkylation sites (N-methyl/N-ethyl adjacent to an activating group) is 1. The Morgan fingerprint density at radius 3 is 2.80 bits per heavy atom. The highest BCUT2D eigenvalue weighted by Crippen LogP contribution is 2.15. The number of nitrogens with two attached hydrogens (primary N) is 1. The fourth-order valence-electron chi connectivity index (χ4n) is 2.74. The second-order valence-corrected chi connectivity index (χ2v) is 5.47. The van der Waals surface area contributed by atoms with Gasteiger partial charge in [0.2, 0.25) is 5.95 Å². The third-order valence-corrected chi connectivity index (χ3v) is 4.01. The van der Waals surface area contributed by atoms with E-state index in [2.05, 4.69) is 31.4 Å². The first-order chi connectivity index (χ1) is 9.74. The van der Waals surface area contributed by atoms with Crippen LogP contribution in [0.15, 0.2) is 18.3 Å². The number of rotatable bonds is 4. The molecule has 6 nitrogen and oxygen atoms in total. The van der Waals surface area contributed by atoms with Crippen LogP contribution in [-0.2, 0) is 6.54 Å². The minimum atomic E-state index is 0.567. The Hall–Kier alpha value is -1.66. The lowest BCUT2D eigenvalue weighted by atomic mass is 10.3. The second-order valence-electron chi connectivity index (χ2n) is 5.47. The number of hydrogen-bond acceptors (Lipinski definition) is 5. The van der Waals surface area contributed by atoms with Crippen LogP contribution < -0.4 is 5.73 Å². The van der Waals surface area contributed by atoms with Gasteiger partial charge in [-0.25, -0.2) is 4.98 Å². The van der Waals surface area contributed by atoms with Crippen LogP contribution in [0, 0.1) is 0 Å². The molecule has 1 aliphatic rings. The zero-order valence-electron chi connectivity index (χ0n) is 12.0. The molecule has 0 aliphatic carbocycles. The molecule has 2 N–H and O–H groups in total. The van der Waals surface area contributed by atoms with E-state index in [-0.39, 0.29) is 0 Å². The van der Waals surface area contributed by atoms with Gasteiger partial charge in [-0.05, 0) is 32.1 Å². The molecule has 1 saturated heterocycles. The van der Waals surface area contributed by atoms with Crippen LogP contribution in [-0.4, -0.2) is 64.1 Å². The molecule has 0 atom stereocenters. The van der Waals surface area contributed by atoms with Crippen LogP contribution in [0.4, 0.5) is 5.95 Å². The smallest absolute Gasteiger partial charge is 0.202 e. The van der Waals surface area contributed by atoms with Crippen molar-refractivity contribution in [1.29, 1.82) is 0 Å². The quantitative estimate of drug-likeness (QED) is 0.887. The summed E-state index contributed by atoms with van der Waals surface area (Å²) in [5.41, 5.74) is 7.75. The Balaban J connectivity index is 1.59. The van der Waals surface area contributed by atoms with Crippen molar-refractivity contribution >= 4 is 17.1 Å². The predicted molar refractivity (Wildman–Crippen MR) is 80.5 cm³/mol. The molecule has 6 heteroatoms. The van der Waals surface area contributed by atoms with Gasteiger partial charge in [0, 0.05) is 38.9 Å². The third kappa shape index (κ3) is 2.76. The Labute approximate surface area is 119 Å². The summed E-state index contributed by atoms with van der Waals surface area (Å²) in [6.07, 6.45) is 2.84. The van der Waals surface area contributed by atoms with Crippen molar-refractivity contribution in [3.05, 3.63) is 18.3 Å². The summed E-state index contributed by atoms with van der Waals surface area (Å²) in [5.74, 6) is 0.567. The molecule has 3 rings (SSSR count). The number of aromatic nitrogens is 3. The lowest BCUT2D eigenvalue weighted by Crippen LogP contribution is -2.44. The third-order valence-electron chi connectivity index (χ3n) is 4.01. The van der Waals surface area contributed by atoms with Gasteiger partial charge in [-0.2, -0.15) is 4.98 Å². The lowest BCUT2D eigenvalue weighted by Gasteiger charge is -2.32. The van der Waals surface area contributed by atoms with Crippen LogP contribution >= 0.6 is 0 Å². The molecule has 1 fully saturated rings. The van der Waals surface area contributed by atoms with E-state index >= 15 is 0 Å². The number of piperazine rings is 1. The lowest BCUT2D eigenvalue weighted by molar-refractivity contribution is 0.151. The molecule has 2 aromatic heterocycles. The van der Waals surface area contributed by atoms with E-state index in [0.29, 0.717) is 5.95 Å². The first-order valence-electron chi connectivity index (χ1n) is 7.21. The molecule has 0 amide bonds. The Morgan fingerprint density at radius 1 is 1.20 bits per heavy atom. The first kappa shape index (κ1) is 13.3. The summed E-state index contributed by atoms with van der Waals surface area (Å²) in [7, 11) is 2.18. The SMILES string of the molecule is CN1CCN(CCCn2c(N)nc3ncccc32)CC1. The van der Waals surface area contributed by atoms with Crippen LogP contribution in [0.25, 0.3) is 11.2 Å². The van der Waals surface area contributed by atoms with Gasteiger partial charge in [0.15, 0.2) is 5.65 Å². The summed E-state index contributed by atoms with van der Waals surface area (Å²) >= 11 is 0. The van der Waals surface area contributed by atoms with Crippen molar-refractivity contribution in [2.24, 2.45) is 0 Å². The largest absolute Gasteiger partial charge is 0.369 e. The van der Waals surface area contributed by atoms with E-state index in [1.54, 1.807) is 6.20 Å². The topological polar surface area (TPSA) is 63.2 Å². The predicted octanol–water partition coefficient (Wildman–Crippen LogP) is 0.651. The fraction of sp³-hybridized carbons (Fsp3) is 0.571. The number of imidazole rings is 1. The molecule has 108 valence electrons. The highest BCUT2D eigenvalue weighted by Gasteiger charge is 2.14. The molecular weight excluding hydrogens is 252 g/mol. The summed E-state index contributed by atoms with van der Waals surface area (Å²) in [5, 5.41) is 0. The Bertz CT molecular complexity index is 570. The molecule has 0 aromatic carbocycles. The summed E-state index contributed by atoms with van der Waals surface area (Å²) in [4.78, 5) is 13.4. The van der Waals surface area contributed by atoms with E-state index in [1.165, 1.54) is 13.1 Å². The average molecular weight is 274 g/mol. The number of hydrogen-bond donors (Lipinski definition) is 1. The van der Waals surface area contributed by atoms with E-state index in [4.69, 9.17) is 5.73 Å². The van der Waals surface area contributed by atoms with Gasteiger partial charge in [0.25, 0.3) is 0 Å². The van der Waals surface area contributed by atoms with Crippen LogP contribution in [0.5, 0.6) is 0 Å². The van der Waals surface area contributed by atoms with Gasteiger partial charge in [-0.3, -0.25) is 0 Å². The van der Waals surface area contributed by atoms with Gasteiger partial charge in [0.1, 0.15) is 0 Å². The molecule has 20 heavy (non-hydrogen) atoms. The summed E-state index contributed by atoms with van der Waals surface area (Å²) < 4.78 is 2.07. The van der Waals surface area contributed by atoms with Gasteiger partial charge in [0.05, 0.1) is 5.52 Å². The summed E-state index contributed by atoms with van der Waals surface area (Å²) in [6.45, 7) is 6.68. The van der Waals surface area contributed by atoms with Gasteiger partial charge < -0.3 is 20.1 Å². The van der Waals surface area contributed by atoms with Gasteiger partial charge in [-0.1, -0.05) is 0 Å². The Kier molecular flexibility index (Phi) is 3.84. The van der Waals surface area contributed by atoms with Crippen LogP contribution in [0.3, 0.4) is 0 Å². The monoisotopic (exact) mass is 274 g/mol. The van der Waals surface area contributed by atoms with E-state index in [0.717, 1.165) is 43.8 Å². The molecular formula is C14H22N6. The van der Waals surface area contributed by atoms with Gasteiger partial charge >= 0.3 is 0 Å². The zero-order valence-corrected chi connectivity index (χ0v) is 12.0. The standard InChI is InChI=1S/C14H22N6/c1-18-8-10-19(11-9-18)6-3-7-20-12-4-2-5-16-13(12)17-14(20)15/h2,4-5H,3,6-11H2,1H3,(H2,15,16,17). The fourth-order valence-corrected chi connectivity index (χ4v) is 2.74. The van der Waals surface area contributed by atoms with Crippen molar-refractivity contribution in [2.75, 3.05) is 45.5 Å². The minimum Gasteiger partial charge on any atom is -0.369 e. The number of anilines is 1. The highest BCUT2D eigenvalue weighted by atomic mass is 15.2. The molecule has 0 radical (unpaired) electrons. The van der Waals surface area contributed by atoms with Crippen molar-refractivity contribution in [3.8, 4) is 0 Å². The summed E-state index contributed by atoms with van der Waals surface area (Å²) in [6, 6.07) is 3.96. The van der Waals surface area contributed by atoms with Crippen molar-refractivity contribution in [2.45, 2.75) is 13.0 Å². The average Bonchev–Trinajstić information content (AvgIpc) is 2.77. The van der Waals surface area contributed by atoms with Crippen LogP contribution in [0.2, 0.25) is 0 Å². The van der Waals surface area contributed by atoms with E-state index < -0.39 is 0 Å². The molecule has 0 bridgehead atoms. The Morgan fingerprint density at radius 2 is 2.00 bits per heavy atom. The van der Waals surface area contributed by atoms with Crippen LogP contribution in [0.1, 0.15) is 6.42 Å². The number of aryl methyl sites for hydroxylation is 1. The minimum absolute atomic E-state index is 0.567. The molecule has 2 aromatic rings. The number of fused-ring (bicyclic) bond motifs is 1. The van der Waals surface area contributed by atoms with E-state index in [1.807, 2.05) is 12.1 Å². The number of nitrogens with zero attached hydrogens (tertiary/aromatic N) is 5. The van der Waals surface area contributed by atoms with E-state index in [9.17, 15) is 0 Å². The first-order valence-corrected chi connectivity index (χ1v) is 7.21. The van der Waals surface area contributed by atoms with Crippen molar-refractivity contribution < 1.29 is 0 Å². The van der Waals surface area contributed by atoms with Gasteiger partial charge in [-0.15, -0.1) is 0 Å². The maximum Gasteiger partial charge on any atom is 0.202 e. The molecule has 1 aliphatic heterocycles. The zero-order chi connectivity index (χ0) is 13.9. The number of pyridine rings is 1. The van der Waals surface area contributed by atoms with Crippen molar-refractivity contribution in [3.63, 3.8) is 0 Å². The maximum absolute atomic E-state index is 5.98. The number of nitrogen functional groups attached to an aromatic ring is 1.